The minimum Gasteiger partial charge on any atom is -0.450 e. The molecule has 1 amide bonds. The number of rotatable bonds is 1. The maximum Gasteiger partial charge on any atom is 0.410 e. The van der Waals surface area contributed by atoms with Crippen LogP contribution in [0.4, 0.5) is 4.79 Å². The fourth-order valence-corrected chi connectivity index (χ4v) is 2.17. The van der Waals surface area contributed by atoms with Crippen molar-refractivity contribution in [3.8, 4) is 0 Å². The molecule has 3 nitrogen and oxygen atoms in total. The van der Waals surface area contributed by atoms with Crippen molar-refractivity contribution < 1.29 is 9.53 Å². The summed E-state index contributed by atoms with van der Waals surface area (Å²) in [5.41, 5.74) is 0. The summed E-state index contributed by atoms with van der Waals surface area (Å²) in [7, 11) is 0. The normalized spacial score (nSPS) is 32.6. The smallest absolute Gasteiger partial charge is 0.410 e. The molecule has 2 aliphatic rings. The summed E-state index contributed by atoms with van der Waals surface area (Å²) in [6, 6.07) is 1.05. The van der Waals surface area contributed by atoms with E-state index in [2.05, 4.69) is 0 Å². The lowest BCUT2D eigenvalue weighted by Gasteiger charge is -2.02. The number of hydrogen-bond acceptors (Lipinski definition) is 2. The Kier molecular flexibility index (Phi) is 1.95. The molecular weight excluding hydrogens is 154 g/mol. The van der Waals surface area contributed by atoms with Gasteiger partial charge in [0, 0.05) is 0 Å². The SMILES string of the molecule is CCOC(=O)N1[C@@H]2CCCC[C@H]21. The van der Waals surface area contributed by atoms with E-state index in [1.165, 1.54) is 25.7 Å². The number of ether oxygens (including phenoxy) is 1. The van der Waals surface area contributed by atoms with Gasteiger partial charge in [0.05, 0.1) is 18.7 Å². The molecule has 0 aromatic heterocycles. The van der Waals surface area contributed by atoms with Gasteiger partial charge in [-0.15, -0.1) is 0 Å². The molecule has 1 saturated carbocycles. The molecule has 0 radical (unpaired) electrons. The topological polar surface area (TPSA) is 29.3 Å². The lowest BCUT2D eigenvalue weighted by atomic mass is 10.0. The second-order valence-corrected chi connectivity index (χ2v) is 3.53. The number of fused-ring (bicyclic) bond motifs is 1. The van der Waals surface area contributed by atoms with Crippen LogP contribution in [0, 0.1) is 0 Å². The van der Waals surface area contributed by atoms with Crippen LogP contribution >= 0.6 is 0 Å². The van der Waals surface area contributed by atoms with E-state index >= 15 is 0 Å². The number of nitrogens with zero attached hydrogens (tertiary/aromatic N) is 1. The molecule has 0 bridgehead atoms. The molecular formula is C9H15NO2. The summed E-state index contributed by atoms with van der Waals surface area (Å²) in [5.74, 6) is 0. The average Bonchev–Trinajstić information content (AvgIpc) is 2.78. The summed E-state index contributed by atoms with van der Waals surface area (Å²) < 4.78 is 4.94. The third kappa shape index (κ3) is 1.17. The number of amides is 1. The number of likely N-dealkylation sites (tertiary alicyclic amines) is 1. The highest BCUT2D eigenvalue weighted by Crippen LogP contribution is 2.40. The van der Waals surface area contributed by atoms with E-state index in [1.807, 2.05) is 11.8 Å². The Morgan fingerprint density at radius 3 is 2.50 bits per heavy atom. The van der Waals surface area contributed by atoms with Crippen molar-refractivity contribution in [3.63, 3.8) is 0 Å². The van der Waals surface area contributed by atoms with Crippen LogP contribution in [0.3, 0.4) is 0 Å². The van der Waals surface area contributed by atoms with E-state index in [4.69, 9.17) is 4.74 Å². The molecule has 0 unspecified atom stereocenters. The van der Waals surface area contributed by atoms with Crippen molar-refractivity contribution in [1.29, 1.82) is 0 Å². The Morgan fingerprint density at radius 2 is 2.00 bits per heavy atom. The summed E-state index contributed by atoms with van der Waals surface area (Å²) in [6.45, 7) is 2.35. The Morgan fingerprint density at radius 1 is 1.42 bits per heavy atom. The summed E-state index contributed by atoms with van der Waals surface area (Å²) in [5, 5.41) is 0. The Labute approximate surface area is 72.7 Å². The first-order valence-corrected chi connectivity index (χ1v) is 4.79. The molecule has 68 valence electrons. The van der Waals surface area contributed by atoms with E-state index in [1.54, 1.807) is 0 Å². The second kappa shape index (κ2) is 2.96. The van der Waals surface area contributed by atoms with Crippen LogP contribution in [-0.4, -0.2) is 29.7 Å². The van der Waals surface area contributed by atoms with Crippen molar-refractivity contribution in [2.24, 2.45) is 0 Å². The van der Waals surface area contributed by atoms with E-state index in [0.29, 0.717) is 18.7 Å². The van der Waals surface area contributed by atoms with Crippen molar-refractivity contribution in [1.82, 2.24) is 4.90 Å². The van der Waals surface area contributed by atoms with Gasteiger partial charge >= 0.3 is 6.09 Å². The van der Waals surface area contributed by atoms with E-state index < -0.39 is 0 Å². The van der Waals surface area contributed by atoms with Gasteiger partial charge in [0.2, 0.25) is 0 Å². The highest BCUT2D eigenvalue weighted by molar-refractivity contribution is 5.72. The average molecular weight is 169 g/mol. The summed E-state index contributed by atoms with van der Waals surface area (Å²) >= 11 is 0. The van der Waals surface area contributed by atoms with Crippen molar-refractivity contribution >= 4 is 6.09 Å². The predicted molar refractivity (Wildman–Crippen MR) is 44.9 cm³/mol. The third-order valence-corrected chi connectivity index (χ3v) is 2.80. The minimum atomic E-state index is -0.102. The number of carbonyl (C=O) groups excluding carboxylic acids is 1. The van der Waals surface area contributed by atoms with Crippen LogP contribution in [-0.2, 0) is 4.74 Å². The second-order valence-electron chi connectivity index (χ2n) is 3.53. The molecule has 2 fully saturated rings. The molecule has 0 N–H and O–H groups in total. The summed E-state index contributed by atoms with van der Waals surface area (Å²) in [4.78, 5) is 13.2. The van der Waals surface area contributed by atoms with E-state index in [-0.39, 0.29) is 6.09 Å². The quantitative estimate of drug-likeness (QED) is 0.560. The van der Waals surface area contributed by atoms with Gasteiger partial charge in [-0.25, -0.2) is 4.79 Å². The van der Waals surface area contributed by atoms with Crippen LogP contribution < -0.4 is 0 Å². The van der Waals surface area contributed by atoms with Gasteiger partial charge in [-0.3, -0.25) is 4.90 Å². The predicted octanol–water partition coefficient (Wildman–Crippen LogP) is 1.77. The van der Waals surface area contributed by atoms with Crippen molar-refractivity contribution in [2.75, 3.05) is 6.61 Å². The van der Waals surface area contributed by atoms with Gasteiger partial charge in [-0.05, 0) is 19.8 Å². The van der Waals surface area contributed by atoms with Gasteiger partial charge < -0.3 is 4.74 Å². The van der Waals surface area contributed by atoms with Crippen LogP contribution in [0.15, 0.2) is 0 Å². The lowest BCUT2D eigenvalue weighted by Crippen LogP contribution is -2.15. The maximum absolute atomic E-state index is 11.3. The van der Waals surface area contributed by atoms with Gasteiger partial charge in [-0.1, -0.05) is 12.8 Å². The van der Waals surface area contributed by atoms with Gasteiger partial charge in [0.15, 0.2) is 0 Å². The zero-order valence-corrected chi connectivity index (χ0v) is 7.45. The molecule has 0 spiro atoms. The zero-order valence-electron chi connectivity index (χ0n) is 7.45. The molecule has 3 heteroatoms. The number of hydrogen-bond donors (Lipinski definition) is 0. The standard InChI is InChI=1S/C9H15NO2/c1-2-12-9(11)10-7-5-3-4-6-8(7)10/h7-8H,2-6H2,1H3/t7-,8-/m1/s1. The highest BCUT2D eigenvalue weighted by Gasteiger charge is 2.52. The first kappa shape index (κ1) is 7.90. The third-order valence-electron chi connectivity index (χ3n) is 2.80. The van der Waals surface area contributed by atoms with Crippen LogP contribution in [0.2, 0.25) is 0 Å². The molecule has 1 aliphatic carbocycles. The molecule has 12 heavy (non-hydrogen) atoms. The van der Waals surface area contributed by atoms with Crippen LogP contribution in [0.25, 0.3) is 0 Å². The van der Waals surface area contributed by atoms with E-state index in [9.17, 15) is 4.79 Å². The molecule has 0 aromatic carbocycles. The van der Waals surface area contributed by atoms with E-state index in [0.717, 1.165) is 0 Å². The lowest BCUT2D eigenvalue weighted by molar-refractivity contribution is 0.132. The van der Waals surface area contributed by atoms with Crippen LogP contribution in [0.5, 0.6) is 0 Å². The summed E-state index contributed by atoms with van der Waals surface area (Å²) in [6.07, 6.45) is 4.82. The minimum absolute atomic E-state index is 0.102. The van der Waals surface area contributed by atoms with Crippen LogP contribution in [0.1, 0.15) is 32.6 Å². The fraction of sp³-hybridized carbons (Fsp3) is 0.889. The van der Waals surface area contributed by atoms with Crippen molar-refractivity contribution in [3.05, 3.63) is 0 Å². The first-order valence-electron chi connectivity index (χ1n) is 4.79. The Bertz CT molecular complexity index is 181. The molecule has 1 heterocycles. The highest BCUT2D eigenvalue weighted by atomic mass is 16.6. The van der Waals surface area contributed by atoms with Crippen molar-refractivity contribution in [2.45, 2.75) is 44.7 Å². The Hall–Kier alpha value is -0.730. The largest absolute Gasteiger partial charge is 0.450 e. The maximum atomic E-state index is 11.3. The Balaban J connectivity index is 1.87. The number of carbonyl (C=O) groups is 1. The monoisotopic (exact) mass is 169 g/mol. The van der Waals surface area contributed by atoms with Gasteiger partial charge in [0.1, 0.15) is 0 Å². The fourth-order valence-electron chi connectivity index (χ4n) is 2.17. The molecule has 0 aromatic rings. The van der Waals surface area contributed by atoms with Gasteiger partial charge in [0.25, 0.3) is 0 Å². The molecule has 1 saturated heterocycles. The first-order chi connectivity index (χ1) is 5.84. The molecule has 2 atom stereocenters. The van der Waals surface area contributed by atoms with Gasteiger partial charge in [-0.2, -0.15) is 0 Å². The zero-order chi connectivity index (χ0) is 8.55. The molecule has 2 rings (SSSR count). The molecule has 1 aliphatic heterocycles.